The summed E-state index contributed by atoms with van der Waals surface area (Å²) in [7, 11) is 0. The summed E-state index contributed by atoms with van der Waals surface area (Å²) in [5.41, 5.74) is 1.19. The first-order valence-corrected chi connectivity index (χ1v) is 10.9. The second-order valence-corrected chi connectivity index (χ2v) is 8.01. The fourth-order valence-corrected chi connectivity index (χ4v) is 4.33. The number of nitrogens with zero attached hydrogens (tertiary/aromatic N) is 3. The Morgan fingerprint density at radius 1 is 1.00 bits per heavy atom. The van der Waals surface area contributed by atoms with Gasteiger partial charge in [0.15, 0.2) is 10.8 Å². The molecule has 2 heterocycles. The van der Waals surface area contributed by atoms with Crippen molar-refractivity contribution < 1.29 is 9.53 Å². The van der Waals surface area contributed by atoms with Crippen molar-refractivity contribution in [1.82, 2.24) is 14.8 Å². The van der Waals surface area contributed by atoms with Crippen molar-refractivity contribution in [2.75, 3.05) is 11.9 Å². The van der Waals surface area contributed by atoms with E-state index in [2.05, 4.69) is 15.4 Å². The molecule has 0 aliphatic rings. The number of anilines is 1. The van der Waals surface area contributed by atoms with Crippen molar-refractivity contribution in [3.63, 3.8) is 0 Å². The average Bonchev–Trinajstić information content (AvgIpc) is 3.22. The molecule has 7 nitrogen and oxygen atoms in total. The summed E-state index contributed by atoms with van der Waals surface area (Å²) in [6.07, 6.45) is 0. The second-order valence-electron chi connectivity index (χ2n) is 6.98. The third-order valence-corrected chi connectivity index (χ3v) is 5.88. The van der Waals surface area contributed by atoms with E-state index in [-0.39, 0.29) is 11.3 Å². The van der Waals surface area contributed by atoms with Gasteiger partial charge in [-0.2, -0.15) is 9.78 Å². The monoisotopic (exact) mass is 442 g/mol. The van der Waals surface area contributed by atoms with Crippen LogP contribution in [-0.2, 0) is 0 Å². The molecule has 0 saturated carbocycles. The Hall–Kier alpha value is -4.04. The number of hydrogen-bond donors (Lipinski definition) is 1. The number of carbonyl (C=O) groups is 1. The van der Waals surface area contributed by atoms with Gasteiger partial charge in [0, 0.05) is 5.39 Å². The zero-order chi connectivity index (χ0) is 22.1. The molecule has 0 aliphatic heterocycles. The van der Waals surface area contributed by atoms with Gasteiger partial charge in [0.05, 0.1) is 27.9 Å². The Balaban J connectivity index is 1.59. The SMILES string of the molecule is CCOc1ccc(-n2nc(C(=O)Nc3nc4ccccc4s3)c3ccccc3c2=O)cc1. The third kappa shape index (κ3) is 3.61. The summed E-state index contributed by atoms with van der Waals surface area (Å²) in [4.78, 5) is 30.8. The van der Waals surface area contributed by atoms with Crippen LogP contribution in [0.25, 0.3) is 26.7 Å². The van der Waals surface area contributed by atoms with Crippen LogP contribution in [0.15, 0.2) is 77.6 Å². The first kappa shape index (κ1) is 19.9. The molecule has 5 rings (SSSR count). The van der Waals surface area contributed by atoms with Gasteiger partial charge in [-0.1, -0.05) is 41.7 Å². The molecule has 5 aromatic rings. The summed E-state index contributed by atoms with van der Waals surface area (Å²) < 4.78 is 7.69. The normalized spacial score (nSPS) is 11.0. The van der Waals surface area contributed by atoms with Crippen LogP contribution >= 0.6 is 11.3 Å². The maximum Gasteiger partial charge on any atom is 0.279 e. The molecule has 0 atom stereocenters. The fraction of sp³-hybridized carbons (Fsp3) is 0.0833. The number of thiazole rings is 1. The zero-order valence-corrected chi connectivity index (χ0v) is 17.9. The van der Waals surface area contributed by atoms with Crippen LogP contribution in [0.5, 0.6) is 5.75 Å². The number of rotatable bonds is 5. The number of nitrogens with one attached hydrogen (secondary N) is 1. The van der Waals surface area contributed by atoms with E-state index < -0.39 is 5.91 Å². The molecule has 3 aromatic carbocycles. The fourth-order valence-electron chi connectivity index (χ4n) is 3.46. The van der Waals surface area contributed by atoms with E-state index in [0.29, 0.717) is 33.9 Å². The number of fused-ring (bicyclic) bond motifs is 2. The Labute approximate surface area is 186 Å². The van der Waals surface area contributed by atoms with Gasteiger partial charge in [-0.25, -0.2) is 4.98 Å². The predicted octanol–water partition coefficient (Wildman–Crippen LogP) is 4.65. The van der Waals surface area contributed by atoms with Crippen molar-refractivity contribution in [3.8, 4) is 11.4 Å². The number of ether oxygens (including phenoxy) is 1. The minimum atomic E-state index is -0.431. The molecule has 158 valence electrons. The van der Waals surface area contributed by atoms with E-state index in [1.54, 1.807) is 48.5 Å². The maximum absolute atomic E-state index is 13.2. The van der Waals surface area contributed by atoms with Gasteiger partial charge in [-0.05, 0) is 49.4 Å². The summed E-state index contributed by atoms with van der Waals surface area (Å²) in [5.74, 6) is 0.263. The van der Waals surface area contributed by atoms with E-state index in [1.165, 1.54) is 16.0 Å². The minimum absolute atomic E-state index is 0.147. The van der Waals surface area contributed by atoms with Gasteiger partial charge in [-0.3, -0.25) is 14.9 Å². The molecule has 0 aliphatic carbocycles. The smallest absolute Gasteiger partial charge is 0.279 e. The molecule has 32 heavy (non-hydrogen) atoms. The Kier molecular flexibility index (Phi) is 5.12. The maximum atomic E-state index is 13.2. The van der Waals surface area contributed by atoms with E-state index in [0.717, 1.165) is 10.2 Å². The number of carbonyl (C=O) groups excluding carboxylic acids is 1. The molecular weight excluding hydrogens is 424 g/mol. The van der Waals surface area contributed by atoms with Crippen LogP contribution < -0.4 is 15.6 Å². The summed E-state index contributed by atoms with van der Waals surface area (Å²) in [6.45, 7) is 2.45. The molecule has 1 amide bonds. The average molecular weight is 443 g/mol. The highest BCUT2D eigenvalue weighted by Gasteiger charge is 2.19. The highest BCUT2D eigenvalue weighted by molar-refractivity contribution is 7.22. The van der Waals surface area contributed by atoms with Crippen molar-refractivity contribution in [3.05, 3.63) is 88.8 Å². The van der Waals surface area contributed by atoms with E-state index in [4.69, 9.17) is 4.74 Å². The topological polar surface area (TPSA) is 86.1 Å². The first-order chi connectivity index (χ1) is 15.6. The molecule has 0 bridgehead atoms. The van der Waals surface area contributed by atoms with Gasteiger partial charge < -0.3 is 4.74 Å². The number of benzene rings is 3. The van der Waals surface area contributed by atoms with Gasteiger partial charge in [0.1, 0.15) is 5.75 Å². The van der Waals surface area contributed by atoms with Gasteiger partial charge in [0.25, 0.3) is 11.5 Å². The van der Waals surface area contributed by atoms with E-state index in [9.17, 15) is 9.59 Å². The summed E-state index contributed by atoms with van der Waals surface area (Å²) in [5, 5.41) is 8.62. The van der Waals surface area contributed by atoms with Crippen molar-refractivity contribution in [1.29, 1.82) is 0 Å². The largest absolute Gasteiger partial charge is 0.494 e. The van der Waals surface area contributed by atoms with E-state index in [1.807, 2.05) is 31.2 Å². The van der Waals surface area contributed by atoms with Crippen LogP contribution in [0.1, 0.15) is 17.4 Å². The van der Waals surface area contributed by atoms with E-state index >= 15 is 0 Å². The standard InChI is InChI=1S/C24H18N4O3S/c1-2-31-16-13-11-15(12-14-16)28-23(30)18-8-4-3-7-17(18)21(27-28)22(29)26-24-25-19-9-5-6-10-20(19)32-24/h3-14H,2H2,1H3,(H,25,26,29). The van der Waals surface area contributed by atoms with Crippen molar-refractivity contribution in [2.24, 2.45) is 0 Å². The predicted molar refractivity (Wildman–Crippen MR) is 126 cm³/mol. The third-order valence-electron chi connectivity index (χ3n) is 4.93. The Bertz CT molecular complexity index is 1470. The highest BCUT2D eigenvalue weighted by atomic mass is 32.1. The molecule has 0 spiro atoms. The lowest BCUT2D eigenvalue weighted by molar-refractivity contribution is 0.102. The summed E-state index contributed by atoms with van der Waals surface area (Å²) in [6, 6.07) is 21.6. The molecule has 2 aromatic heterocycles. The summed E-state index contributed by atoms with van der Waals surface area (Å²) >= 11 is 1.38. The molecule has 0 radical (unpaired) electrons. The van der Waals surface area contributed by atoms with Gasteiger partial charge in [0.2, 0.25) is 0 Å². The quantitative estimate of drug-likeness (QED) is 0.428. The molecule has 0 saturated heterocycles. The number of amides is 1. The number of hydrogen-bond acceptors (Lipinski definition) is 6. The van der Waals surface area contributed by atoms with Crippen LogP contribution in [0, 0.1) is 0 Å². The minimum Gasteiger partial charge on any atom is -0.494 e. The highest BCUT2D eigenvalue weighted by Crippen LogP contribution is 2.26. The molecule has 0 fully saturated rings. The lowest BCUT2D eigenvalue weighted by Gasteiger charge is -2.11. The zero-order valence-electron chi connectivity index (χ0n) is 17.1. The van der Waals surface area contributed by atoms with Gasteiger partial charge in [-0.15, -0.1) is 0 Å². The Morgan fingerprint density at radius 3 is 2.47 bits per heavy atom. The first-order valence-electron chi connectivity index (χ1n) is 10.1. The van der Waals surface area contributed by atoms with Crippen LogP contribution in [0.3, 0.4) is 0 Å². The molecular formula is C24H18N4O3S. The molecule has 0 unspecified atom stereocenters. The van der Waals surface area contributed by atoms with Gasteiger partial charge >= 0.3 is 0 Å². The molecule has 1 N–H and O–H groups in total. The second kappa shape index (κ2) is 8.24. The Morgan fingerprint density at radius 2 is 1.72 bits per heavy atom. The number of para-hydroxylation sites is 1. The van der Waals surface area contributed by atoms with Crippen LogP contribution in [0.2, 0.25) is 0 Å². The lowest BCUT2D eigenvalue weighted by Crippen LogP contribution is -2.26. The van der Waals surface area contributed by atoms with Crippen LogP contribution in [0.4, 0.5) is 5.13 Å². The number of aromatic nitrogens is 3. The lowest BCUT2D eigenvalue weighted by atomic mass is 10.1. The molecule has 8 heteroatoms. The van der Waals surface area contributed by atoms with Crippen molar-refractivity contribution in [2.45, 2.75) is 6.92 Å². The van der Waals surface area contributed by atoms with Crippen molar-refractivity contribution >= 4 is 43.4 Å². The van der Waals surface area contributed by atoms with Crippen LogP contribution in [-0.4, -0.2) is 27.3 Å².